The Bertz CT molecular complexity index is 597. The molecule has 3 atom stereocenters. The topological polar surface area (TPSA) is 58.1 Å². The van der Waals surface area contributed by atoms with Crippen LogP contribution < -0.4 is 15.4 Å². The molecular formula is C19H31IN4O2. The number of nitrogens with zero attached hydrogens (tertiary/aromatic N) is 2. The van der Waals surface area contributed by atoms with Crippen molar-refractivity contribution in [2.75, 3.05) is 34.3 Å². The van der Waals surface area contributed by atoms with Gasteiger partial charge < -0.3 is 25.0 Å². The fourth-order valence-electron chi connectivity index (χ4n) is 3.47. The number of rotatable bonds is 7. The maximum Gasteiger partial charge on any atom is 0.191 e. The number of likely N-dealkylation sites (N-methyl/N-ethyl adjacent to an activating group) is 1. The highest BCUT2D eigenvalue weighted by Gasteiger charge is 2.41. The number of benzene rings is 1. The van der Waals surface area contributed by atoms with Crippen LogP contribution in [-0.2, 0) is 11.3 Å². The van der Waals surface area contributed by atoms with Gasteiger partial charge in [-0.25, -0.2) is 0 Å². The molecule has 6 nitrogen and oxygen atoms in total. The van der Waals surface area contributed by atoms with Crippen LogP contribution in [0, 0.1) is 0 Å². The van der Waals surface area contributed by atoms with Gasteiger partial charge in [0.2, 0.25) is 0 Å². The van der Waals surface area contributed by atoms with Gasteiger partial charge in [0.15, 0.2) is 5.96 Å². The minimum Gasteiger partial charge on any atom is -0.492 e. The van der Waals surface area contributed by atoms with Gasteiger partial charge in [0.1, 0.15) is 12.4 Å². The second kappa shape index (κ2) is 10.3. The fourth-order valence-corrected chi connectivity index (χ4v) is 3.47. The highest BCUT2D eigenvalue weighted by molar-refractivity contribution is 14.0. The van der Waals surface area contributed by atoms with Gasteiger partial charge >= 0.3 is 0 Å². The van der Waals surface area contributed by atoms with Crippen LogP contribution in [0.15, 0.2) is 29.3 Å². The van der Waals surface area contributed by atoms with E-state index >= 15 is 0 Å². The lowest BCUT2D eigenvalue weighted by atomic mass is 9.96. The van der Waals surface area contributed by atoms with Crippen molar-refractivity contribution in [1.29, 1.82) is 0 Å². The molecule has 7 heteroatoms. The summed E-state index contributed by atoms with van der Waals surface area (Å²) in [7, 11) is 5.90. The quantitative estimate of drug-likeness (QED) is 0.361. The first-order valence-electron chi connectivity index (χ1n) is 9.14. The molecule has 2 heterocycles. The van der Waals surface area contributed by atoms with E-state index in [1.807, 2.05) is 39.3 Å². The SMILES string of the molecule is CN=C(NCc1ccccc1OCCN(C)C)NC1CC2CCC1O2.I. The molecule has 0 saturated carbocycles. The number of aliphatic imine (C=N–C) groups is 1. The Kier molecular flexibility index (Phi) is 8.43. The zero-order chi connectivity index (χ0) is 17.6. The molecule has 0 amide bonds. The number of guanidine groups is 1. The van der Waals surface area contributed by atoms with Crippen LogP contribution in [0.2, 0.25) is 0 Å². The second-order valence-electron chi connectivity index (χ2n) is 7.05. The predicted molar refractivity (Wildman–Crippen MR) is 116 cm³/mol. The van der Waals surface area contributed by atoms with Gasteiger partial charge in [0.25, 0.3) is 0 Å². The molecule has 0 aliphatic carbocycles. The lowest BCUT2D eigenvalue weighted by Crippen LogP contribution is -2.47. The molecule has 2 fully saturated rings. The summed E-state index contributed by atoms with van der Waals surface area (Å²) in [6.07, 6.45) is 4.21. The van der Waals surface area contributed by atoms with Crippen LogP contribution in [0.1, 0.15) is 24.8 Å². The van der Waals surface area contributed by atoms with Crippen molar-refractivity contribution in [3.63, 3.8) is 0 Å². The lowest BCUT2D eigenvalue weighted by Gasteiger charge is -2.23. The Morgan fingerprint density at radius 3 is 2.77 bits per heavy atom. The van der Waals surface area contributed by atoms with Crippen molar-refractivity contribution in [2.45, 2.75) is 44.1 Å². The minimum absolute atomic E-state index is 0. The Morgan fingerprint density at radius 1 is 1.31 bits per heavy atom. The predicted octanol–water partition coefficient (Wildman–Crippen LogP) is 2.23. The van der Waals surface area contributed by atoms with Crippen LogP contribution in [0.4, 0.5) is 0 Å². The minimum atomic E-state index is 0. The van der Waals surface area contributed by atoms with Crippen LogP contribution in [0.3, 0.4) is 0 Å². The van der Waals surface area contributed by atoms with E-state index in [0.717, 1.165) is 36.7 Å². The van der Waals surface area contributed by atoms with Gasteiger partial charge in [0, 0.05) is 25.7 Å². The largest absolute Gasteiger partial charge is 0.492 e. The van der Waals surface area contributed by atoms with E-state index in [9.17, 15) is 0 Å². The summed E-state index contributed by atoms with van der Waals surface area (Å²) in [6, 6.07) is 8.53. The molecule has 2 bridgehead atoms. The zero-order valence-electron chi connectivity index (χ0n) is 15.9. The van der Waals surface area contributed by atoms with Gasteiger partial charge in [0.05, 0.1) is 18.2 Å². The van der Waals surface area contributed by atoms with E-state index in [1.165, 1.54) is 6.42 Å². The second-order valence-corrected chi connectivity index (χ2v) is 7.05. The van der Waals surface area contributed by atoms with Crippen molar-refractivity contribution >= 4 is 29.9 Å². The van der Waals surface area contributed by atoms with E-state index < -0.39 is 0 Å². The molecule has 2 aliphatic heterocycles. The Hall–Kier alpha value is -1.06. The Balaban J connectivity index is 0.00000243. The van der Waals surface area contributed by atoms with E-state index in [0.29, 0.717) is 31.4 Å². The van der Waals surface area contributed by atoms with Crippen LogP contribution in [-0.4, -0.2) is 63.4 Å². The third kappa shape index (κ3) is 5.72. The summed E-state index contributed by atoms with van der Waals surface area (Å²) in [6.45, 7) is 2.26. The standard InChI is InChI=1S/C19H30N4O2.HI/c1-20-19(22-16-12-15-8-9-18(16)25-15)21-13-14-6-4-5-7-17(14)24-11-10-23(2)3;/h4-7,15-16,18H,8-13H2,1-3H3,(H2,20,21,22);1H. The zero-order valence-corrected chi connectivity index (χ0v) is 18.2. The lowest BCUT2D eigenvalue weighted by molar-refractivity contribution is 0.0992. The van der Waals surface area contributed by atoms with Crippen molar-refractivity contribution in [3.8, 4) is 5.75 Å². The molecule has 3 unspecified atom stereocenters. The number of ether oxygens (including phenoxy) is 2. The highest BCUT2D eigenvalue weighted by Crippen LogP contribution is 2.34. The molecule has 0 aromatic heterocycles. The first-order chi connectivity index (χ1) is 12.2. The molecule has 26 heavy (non-hydrogen) atoms. The Labute approximate surface area is 173 Å². The number of fused-ring (bicyclic) bond motifs is 2. The smallest absolute Gasteiger partial charge is 0.191 e. The molecule has 3 rings (SSSR count). The summed E-state index contributed by atoms with van der Waals surface area (Å²) >= 11 is 0. The number of nitrogens with one attached hydrogen (secondary N) is 2. The summed E-state index contributed by atoms with van der Waals surface area (Å²) in [4.78, 5) is 6.47. The van der Waals surface area contributed by atoms with E-state index in [4.69, 9.17) is 9.47 Å². The van der Waals surface area contributed by atoms with Gasteiger partial charge in [-0.2, -0.15) is 0 Å². The van der Waals surface area contributed by atoms with Gasteiger partial charge in [-0.05, 0) is 39.4 Å². The number of hydrogen-bond donors (Lipinski definition) is 2. The number of halogens is 1. The molecule has 2 aliphatic rings. The average Bonchev–Trinajstić information content (AvgIpc) is 3.22. The normalized spacial score (nSPS) is 24.5. The third-order valence-electron chi connectivity index (χ3n) is 4.87. The van der Waals surface area contributed by atoms with E-state index in [1.54, 1.807) is 0 Å². The fraction of sp³-hybridized carbons (Fsp3) is 0.632. The van der Waals surface area contributed by atoms with Crippen LogP contribution >= 0.6 is 24.0 Å². The molecular weight excluding hydrogens is 443 g/mol. The summed E-state index contributed by atoms with van der Waals surface area (Å²) < 4.78 is 11.8. The first kappa shape index (κ1) is 21.2. The van der Waals surface area contributed by atoms with Crippen LogP contribution in [0.25, 0.3) is 0 Å². The van der Waals surface area contributed by atoms with Gasteiger partial charge in [-0.1, -0.05) is 18.2 Å². The summed E-state index contributed by atoms with van der Waals surface area (Å²) in [5, 5.41) is 6.92. The third-order valence-corrected chi connectivity index (χ3v) is 4.87. The van der Waals surface area contributed by atoms with Crippen molar-refractivity contribution in [1.82, 2.24) is 15.5 Å². The van der Waals surface area contributed by atoms with Crippen LogP contribution in [0.5, 0.6) is 5.75 Å². The van der Waals surface area contributed by atoms with Crippen molar-refractivity contribution < 1.29 is 9.47 Å². The molecule has 0 spiro atoms. The maximum atomic E-state index is 5.93. The van der Waals surface area contributed by atoms with Crippen molar-refractivity contribution in [3.05, 3.63) is 29.8 Å². The van der Waals surface area contributed by atoms with E-state index in [-0.39, 0.29) is 24.0 Å². The maximum absolute atomic E-state index is 5.93. The Morgan fingerprint density at radius 2 is 2.12 bits per heavy atom. The summed E-state index contributed by atoms with van der Waals surface area (Å²) in [5.41, 5.74) is 1.13. The molecule has 2 saturated heterocycles. The number of para-hydroxylation sites is 1. The molecule has 1 aromatic carbocycles. The monoisotopic (exact) mass is 474 g/mol. The number of hydrogen-bond acceptors (Lipinski definition) is 4. The van der Waals surface area contributed by atoms with Gasteiger partial charge in [-0.3, -0.25) is 4.99 Å². The molecule has 2 N–H and O–H groups in total. The highest BCUT2D eigenvalue weighted by atomic mass is 127. The summed E-state index contributed by atoms with van der Waals surface area (Å²) in [5.74, 6) is 1.75. The van der Waals surface area contributed by atoms with Gasteiger partial charge in [-0.15, -0.1) is 24.0 Å². The molecule has 0 radical (unpaired) electrons. The van der Waals surface area contributed by atoms with E-state index in [2.05, 4.69) is 26.6 Å². The first-order valence-corrected chi connectivity index (χ1v) is 9.14. The average molecular weight is 474 g/mol. The molecule has 1 aromatic rings. The van der Waals surface area contributed by atoms with Crippen molar-refractivity contribution in [2.24, 2.45) is 4.99 Å². The molecule has 146 valence electrons.